The average Bonchev–Trinajstić information content (AvgIpc) is 1.66. The van der Waals surface area contributed by atoms with Crippen LogP contribution >= 0.6 is 22.6 Å². The normalized spacial score (nSPS) is 12.6. The zero-order valence-corrected chi connectivity index (χ0v) is 57.5. The van der Waals surface area contributed by atoms with Crippen LogP contribution in [-0.4, -0.2) is 127 Å². The molecule has 3 aromatic carbocycles. The number of para-hydroxylation sites is 3. The van der Waals surface area contributed by atoms with Crippen LogP contribution in [0.5, 0.6) is 17.2 Å². The number of amides is 6. The van der Waals surface area contributed by atoms with E-state index < -0.39 is 0 Å². The number of aromatic nitrogens is 9. The van der Waals surface area contributed by atoms with Crippen molar-refractivity contribution in [1.82, 2.24) is 60.7 Å². The number of benzene rings is 3. The second-order valence-electron chi connectivity index (χ2n) is 22.2. The van der Waals surface area contributed by atoms with E-state index in [4.69, 9.17) is 14.2 Å². The van der Waals surface area contributed by atoms with Crippen molar-refractivity contribution < 1.29 is 43.0 Å². The zero-order valence-electron chi connectivity index (χ0n) is 55.4. The number of aromatic amines is 1. The summed E-state index contributed by atoms with van der Waals surface area (Å²) in [6.45, 7) is 7.64. The smallest absolute Gasteiger partial charge is 0.254 e. The monoisotopic (exact) mass is 1430 g/mol. The van der Waals surface area contributed by atoms with E-state index in [1.54, 1.807) is 73.1 Å². The lowest BCUT2D eigenvalue weighted by Crippen LogP contribution is -2.20. The molecular weight excluding hydrogens is 1350 g/mol. The molecule has 3 aliphatic carbocycles. The summed E-state index contributed by atoms with van der Waals surface area (Å²) in [6, 6.07) is 27.7. The van der Waals surface area contributed by atoms with Gasteiger partial charge in [-0.25, -0.2) is 15.0 Å². The number of hydrogen-bond acceptors (Lipinski definition) is 18. The van der Waals surface area contributed by atoms with Crippen molar-refractivity contribution in [2.75, 3.05) is 78.8 Å². The fourth-order valence-corrected chi connectivity index (χ4v) is 10.1. The Morgan fingerprint density at radius 2 is 0.918 bits per heavy atom. The summed E-state index contributed by atoms with van der Waals surface area (Å²) in [4.78, 5) is 86.4. The van der Waals surface area contributed by atoms with E-state index in [1.165, 1.54) is 23.0 Å². The lowest BCUT2D eigenvalue weighted by molar-refractivity contribution is -0.118. The van der Waals surface area contributed by atoms with E-state index in [0.29, 0.717) is 85.5 Å². The number of alkyl halides is 1. The van der Waals surface area contributed by atoms with Crippen LogP contribution < -0.4 is 62.1 Å². The maximum Gasteiger partial charge on any atom is 0.254 e. The van der Waals surface area contributed by atoms with Crippen LogP contribution in [0.15, 0.2) is 128 Å². The first-order chi connectivity index (χ1) is 47.1. The third-order valence-electron chi connectivity index (χ3n) is 15.5. The largest absolute Gasteiger partial charge is 0.494 e. The van der Waals surface area contributed by atoms with Crippen LogP contribution in [0.2, 0.25) is 0 Å². The molecule has 28 heteroatoms. The summed E-state index contributed by atoms with van der Waals surface area (Å²) in [5.74, 6) is 2.05. The molecule has 6 aromatic heterocycles. The van der Waals surface area contributed by atoms with E-state index in [-0.39, 0.29) is 53.2 Å². The molecule has 0 radical (unpaired) electrons. The Bertz CT molecular complexity index is 4260. The summed E-state index contributed by atoms with van der Waals surface area (Å²) in [5, 5.41) is 42.0. The Labute approximate surface area is 575 Å². The second-order valence-corrected chi connectivity index (χ2v) is 23.8. The highest BCUT2D eigenvalue weighted by Crippen LogP contribution is 2.42. The molecule has 506 valence electrons. The summed E-state index contributed by atoms with van der Waals surface area (Å²) in [6.07, 6.45) is 15.0. The number of anilines is 9. The lowest BCUT2D eigenvalue weighted by atomic mass is 10.1. The minimum atomic E-state index is -0.297. The molecule has 3 saturated carbocycles. The Kier molecular flexibility index (Phi) is 24.3. The molecule has 9 aromatic rings. The third-order valence-corrected chi connectivity index (χ3v) is 15.5. The van der Waals surface area contributed by atoms with Gasteiger partial charge < -0.3 is 62.1 Å². The molecule has 27 nitrogen and oxygen atoms in total. The van der Waals surface area contributed by atoms with Gasteiger partial charge in [0.1, 0.15) is 17.5 Å². The van der Waals surface area contributed by atoms with Crippen molar-refractivity contribution in [3.8, 4) is 51.0 Å². The number of hydrogen-bond donors (Lipinski definition) is 10. The lowest BCUT2D eigenvalue weighted by Gasteiger charge is -2.18. The van der Waals surface area contributed by atoms with Crippen molar-refractivity contribution in [3.63, 3.8) is 0 Å². The van der Waals surface area contributed by atoms with Crippen LogP contribution in [0.3, 0.4) is 0 Å². The summed E-state index contributed by atoms with van der Waals surface area (Å²) >= 11 is 2.29. The Morgan fingerprint density at radius 1 is 0.515 bits per heavy atom. The van der Waals surface area contributed by atoms with Crippen molar-refractivity contribution >= 4 is 110 Å². The first-order valence-electron chi connectivity index (χ1n) is 31.6. The highest BCUT2D eigenvalue weighted by molar-refractivity contribution is 14.1. The molecule has 10 N–H and O–H groups in total. The maximum atomic E-state index is 12.4. The van der Waals surface area contributed by atoms with Crippen LogP contribution in [-0.2, 0) is 27.5 Å². The van der Waals surface area contributed by atoms with Gasteiger partial charge in [-0.1, -0.05) is 47.7 Å². The summed E-state index contributed by atoms with van der Waals surface area (Å²) in [7, 11) is 9.43. The topological polar surface area (TPSA) is 341 Å². The second kappa shape index (κ2) is 33.5. The number of carbonyl (C=O) groups excluding carboxylic acids is 6. The van der Waals surface area contributed by atoms with E-state index in [9.17, 15) is 28.8 Å². The molecule has 12 rings (SSSR count). The summed E-state index contributed by atoms with van der Waals surface area (Å²) in [5.41, 5.74) is 9.54. The van der Waals surface area contributed by atoms with Gasteiger partial charge in [0.05, 0.1) is 89.2 Å². The molecule has 0 bridgehead atoms. The number of aryl methyl sites for hydroxylation is 2. The number of pyridine rings is 3. The van der Waals surface area contributed by atoms with E-state index >= 15 is 0 Å². The standard InChI is InChI=1S/2C23H26N6O3.C21H22N6O3.C2H5I/c1-4-29-11-10-17(28-29)15-6-5-7-18(21(15)32-3)26-19-12-20(27-22(30)14-8-9-14)25-13-16(19)23(31)24-2;1-4-29-19(10-11-26-29)15-6-5-7-17(21(15)32-3)27-18-12-20(28-22(30)14-8-9-14)25-13-16(18)23(31)24-2;1-22-21(29)14-11-23-18(26-20(28)12-6-7-12)10-17(14)25-16-5-3-4-13(19(16)30-2)15-8-9-24-27-15;1-2-3/h5-7,10-14H,4,8-9H2,1-3H3,(H,24,31)(H2,25,26,27,30);5-7,10-14H,4,8-9H2,1-3H3,(H,24,31)(H2,25,27,28,30);3-5,8-12H,6-7H2,1-2H3,(H,22,29)(H,24,27)(H2,23,25,26,28);2H2,1H3. The Morgan fingerprint density at radius 3 is 1.28 bits per heavy atom. The number of nitrogens with zero attached hydrogens (tertiary/aromatic N) is 8. The maximum absolute atomic E-state index is 12.4. The van der Waals surface area contributed by atoms with Gasteiger partial charge in [0.15, 0.2) is 17.2 Å². The van der Waals surface area contributed by atoms with Gasteiger partial charge in [0.25, 0.3) is 17.7 Å². The van der Waals surface area contributed by atoms with Gasteiger partial charge in [0, 0.05) is 124 Å². The number of ether oxygens (including phenoxy) is 3. The highest BCUT2D eigenvalue weighted by Gasteiger charge is 2.32. The SMILES string of the molecule is CCI.CCn1ccc(-c2cccc(Nc3cc(NC(=O)C4CC4)ncc3C(=O)NC)c2OC)n1.CCn1nccc1-c1cccc(Nc2cc(NC(=O)C3CC3)ncc2C(=O)NC)c1OC.CNC(=O)c1cnc(NC(=O)C2CC2)cc1Nc1cccc(-c2ccn[nH]2)c1OC. The summed E-state index contributed by atoms with van der Waals surface area (Å²) < 4.78 is 22.0. The van der Waals surface area contributed by atoms with E-state index in [2.05, 4.69) is 113 Å². The number of nitrogens with one attached hydrogen (secondary N) is 10. The van der Waals surface area contributed by atoms with Crippen molar-refractivity contribution in [2.24, 2.45) is 17.8 Å². The predicted molar refractivity (Wildman–Crippen MR) is 382 cm³/mol. The molecule has 0 aliphatic heterocycles. The van der Waals surface area contributed by atoms with Crippen molar-refractivity contribution in [2.45, 2.75) is 72.4 Å². The molecule has 0 saturated heterocycles. The molecule has 3 fully saturated rings. The highest BCUT2D eigenvalue weighted by atomic mass is 127. The number of H-pyrrole nitrogens is 1. The third kappa shape index (κ3) is 17.9. The predicted octanol–water partition coefficient (Wildman–Crippen LogP) is 11.2. The molecule has 97 heavy (non-hydrogen) atoms. The molecule has 3 aliphatic rings. The molecule has 0 unspecified atom stereocenters. The fourth-order valence-electron chi connectivity index (χ4n) is 10.1. The average molecular weight is 1430 g/mol. The van der Waals surface area contributed by atoms with Crippen molar-refractivity contribution in [3.05, 3.63) is 145 Å². The van der Waals surface area contributed by atoms with Gasteiger partial charge in [-0.3, -0.25) is 43.2 Å². The van der Waals surface area contributed by atoms with Gasteiger partial charge in [0.2, 0.25) is 17.7 Å². The van der Waals surface area contributed by atoms with E-state index in [1.807, 2.05) is 102 Å². The molecular formula is C69H79IN18O9. The van der Waals surface area contributed by atoms with Gasteiger partial charge in [-0.15, -0.1) is 0 Å². The van der Waals surface area contributed by atoms with Crippen LogP contribution in [0.1, 0.15) is 90.4 Å². The Hall–Kier alpha value is -10.9. The van der Waals surface area contributed by atoms with Crippen molar-refractivity contribution in [1.29, 1.82) is 0 Å². The number of halogens is 1. The minimum absolute atomic E-state index is 0.0477. The van der Waals surface area contributed by atoms with E-state index in [0.717, 1.165) is 85.4 Å². The molecule has 0 atom stereocenters. The fraction of sp³-hybridized carbons (Fsp3) is 0.304. The van der Waals surface area contributed by atoms with Gasteiger partial charge in [-0.05, 0) is 111 Å². The van der Waals surface area contributed by atoms with Crippen LogP contribution in [0, 0.1) is 17.8 Å². The van der Waals surface area contributed by atoms with Crippen LogP contribution in [0.4, 0.5) is 51.6 Å². The van der Waals surface area contributed by atoms with Crippen LogP contribution in [0.25, 0.3) is 33.8 Å². The van der Waals surface area contributed by atoms with Gasteiger partial charge in [-0.2, -0.15) is 15.3 Å². The first-order valence-corrected chi connectivity index (χ1v) is 33.2. The molecule has 6 heterocycles. The minimum Gasteiger partial charge on any atom is -0.494 e. The number of rotatable bonds is 23. The number of carbonyl (C=O) groups is 6. The molecule has 6 amide bonds. The van der Waals surface area contributed by atoms with Gasteiger partial charge >= 0.3 is 0 Å². The zero-order chi connectivity index (χ0) is 69.1. The quantitative estimate of drug-likeness (QED) is 0.0210. The number of methoxy groups -OCH3 is 3. The first kappa shape index (κ1) is 70.4. The Balaban J connectivity index is 0.000000167. The molecule has 0 spiro atoms.